The van der Waals surface area contributed by atoms with Gasteiger partial charge < -0.3 is 5.11 Å². The Kier molecular flexibility index (Phi) is 5.50. The number of amides is 1. The van der Waals surface area contributed by atoms with Gasteiger partial charge >= 0.3 is 5.97 Å². The minimum Gasteiger partial charge on any atom is -0.480 e. The molecule has 4 nitrogen and oxygen atoms in total. The molecule has 1 heterocycles. The molecule has 2 aromatic rings. The number of benzene rings is 2. The molecule has 150 valence electrons. The highest BCUT2D eigenvalue weighted by Gasteiger charge is 2.40. The molecule has 1 saturated heterocycles. The van der Waals surface area contributed by atoms with E-state index in [1.54, 1.807) is 0 Å². The number of rotatable bonds is 6. The maximum Gasteiger partial charge on any atom is 0.327 e. The fraction of sp³-hybridized carbons (Fsp3) is 0.333. The summed E-state index contributed by atoms with van der Waals surface area (Å²) in [5, 5.41) is 12.8. The Hall–Kier alpha value is -2.53. The van der Waals surface area contributed by atoms with E-state index in [1.165, 1.54) is 44.1 Å². The van der Waals surface area contributed by atoms with Crippen LogP contribution in [0.3, 0.4) is 0 Å². The third kappa shape index (κ3) is 3.71. The molecule has 1 unspecified atom stereocenters. The molecule has 0 aromatic heterocycles. The van der Waals surface area contributed by atoms with Crippen molar-refractivity contribution in [1.82, 2.24) is 4.90 Å². The van der Waals surface area contributed by atoms with E-state index in [0.29, 0.717) is 18.1 Å². The zero-order chi connectivity index (χ0) is 20.5. The van der Waals surface area contributed by atoms with Gasteiger partial charge in [0, 0.05) is 5.75 Å². The van der Waals surface area contributed by atoms with Crippen molar-refractivity contribution in [2.45, 2.75) is 39.2 Å². The van der Waals surface area contributed by atoms with Gasteiger partial charge in [-0.25, -0.2) is 4.79 Å². The number of fused-ring (bicyclic) bond motifs is 1. The number of hydrogen-bond donors (Lipinski definition) is 1. The molecule has 2 aromatic carbocycles. The van der Waals surface area contributed by atoms with Crippen molar-refractivity contribution in [3.63, 3.8) is 0 Å². The number of carbonyl (C=O) groups excluding carboxylic acids is 1. The maximum atomic E-state index is 11.8. The minimum absolute atomic E-state index is 0.407. The van der Waals surface area contributed by atoms with Gasteiger partial charge in [0.15, 0.2) is 0 Å². The van der Waals surface area contributed by atoms with E-state index in [9.17, 15) is 14.7 Å². The second kappa shape index (κ2) is 8.07. The molecule has 2 fully saturated rings. The van der Waals surface area contributed by atoms with Gasteiger partial charge in [-0.2, -0.15) is 0 Å². The summed E-state index contributed by atoms with van der Waals surface area (Å²) in [4.78, 5) is 24.8. The number of carboxylic acid groups (broad SMARTS) is 1. The highest BCUT2D eigenvalue weighted by Crippen LogP contribution is 2.48. The van der Waals surface area contributed by atoms with Crippen LogP contribution in [0.5, 0.6) is 0 Å². The molecule has 1 aliphatic carbocycles. The van der Waals surface area contributed by atoms with Crippen LogP contribution < -0.4 is 0 Å². The highest BCUT2D eigenvalue weighted by molar-refractivity contribution is 8.03. The van der Waals surface area contributed by atoms with Crippen molar-refractivity contribution in [3.05, 3.63) is 69.8 Å². The van der Waals surface area contributed by atoms with E-state index >= 15 is 0 Å². The largest absolute Gasteiger partial charge is 0.480 e. The Labute approximate surface area is 175 Å². The number of nitrogens with zero attached hydrogens (tertiary/aromatic N) is 1. The fourth-order valence-electron chi connectivity index (χ4n) is 4.15. The predicted molar refractivity (Wildman–Crippen MR) is 118 cm³/mol. The first kappa shape index (κ1) is 19.8. The van der Waals surface area contributed by atoms with E-state index in [1.807, 2.05) is 6.92 Å². The van der Waals surface area contributed by atoms with Crippen LogP contribution in [0, 0.1) is 12.8 Å². The summed E-state index contributed by atoms with van der Waals surface area (Å²) in [6.45, 7) is 4.16. The van der Waals surface area contributed by atoms with Crippen LogP contribution in [0.25, 0.3) is 10.8 Å². The first-order valence-electron chi connectivity index (χ1n) is 10.0. The van der Waals surface area contributed by atoms with Crippen molar-refractivity contribution in [1.29, 1.82) is 0 Å². The second-order valence-electron chi connectivity index (χ2n) is 7.75. The van der Waals surface area contributed by atoms with Gasteiger partial charge in [-0.15, -0.1) is 11.8 Å². The van der Waals surface area contributed by atoms with E-state index in [2.05, 4.69) is 49.4 Å². The molecule has 0 bridgehead atoms. The van der Waals surface area contributed by atoms with Crippen LogP contribution in [0.2, 0.25) is 0 Å². The Morgan fingerprint density at radius 3 is 2.55 bits per heavy atom. The summed E-state index contributed by atoms with van der Waals surface area (Å²) in [7, 11) is 0. The number of thioether (sulfide) groups is 1. The van der Waals surface area contributed by atoms with E-state index in [-0.39, 0.29) is 0 Å². The normalized spacial score (nSPS) is 21.5. The van der Waals surface area contributed by atoms with Crippen molar-refractivity contribution >= 4 is 34.9 Å². The van der Waals surface area contributed by atoms with E-state index < -0.39 is 12.0 Å². The van der Waals surface area contributed by atoms with Crippen molar-refractivity contribution in [2.24, 2.45) is 5.92 Å². The molecule has 1 amide bonds. The van der Waals surface area contributed by atoms with E-state index in [4.69, 9.17) is 0 Å². The predicted octanol–water partition coefficient (Wildman–Crippen LogP) is 4.92. The molecule has 5 heteroatoms. The smallest absolute Gasteiger partial charge is 0.327 e. The Bertz CT molecular complexity index is 1040. The van der Waals surface area contributed by atoms with Crippen LogP contribution in [-0.2, 0) is 16.0 Å². The third-order valence-corrected chi connectivity index (χ3v) is 7.06. The van der Waals surface area contributed by atoms with Crippen molar-refractivity contribution in [3.8, 4) is 0 Å². The summed E-state index contributed by atoms with van der Waals surface area (Å²) in [5.41, 5.74) is 4.88. The number of hydrogen-bond acceptors (Lipinski definition) is 3. The van der Waals surface area contributed by atoms with Gasteiger partial charge in [-0.3, -0.25) is 9.69 Å². The topological polar surface area (TPSA) is 57.6 Å². The molecule has 29 heavy (non-hydrogen) atoms. The Morgan fingerprint density at radius 2 is 1.93 bits per heavy atom. The van der Waals surface area contributed by atoms with Gasteiger partial charge in [0.2, 0.25) is 6.41 Å². The summed E-state index contributed by atoms with van der Waals surface area (Å²) in [6.07, 6.45) is 5.78. The number of carbonyl (C=O) groups is 2. The van der Waals surface area contributed by atoms with Gasteiger partial charge in [-0.05, 0) is 72.1 Å². The highest BCUT2D eigenvalue weighted by atomic mass is 32.2. The third-order valence-electron chi connectivity index (χ3n) is 5.87. The number of aliphatic carboxylic acids is 1. The van der Waals surface area contributed by atoms with Gasteiger partial charge in [-0.1, -0.05) is 42.5 Å². The zero-order valence-corrected chi connectivity index (χ0v) is 17.5. The first-order valence-corrected chi connectivity index (χ1v) is 11.0. The van der Waals surface area contributed by atoms with Crippen LogP contribution in [-0.4, -0.2) is 34.2 Å². The van der Waals surface area contributed by atoms with Crippen LogP contribution in [0.15, 0.2) is 58.6 Å². The molecule has 1 saturated carbocycles. The monoisotopic (exact) mass is 407 g/mol. The summed E-state index contributed by atoms with van der Waals surface area (Å²) < 4.78 is 0. The van der Waals surface area contributed by atoms with Gasteiger partial charge in [0.05, 0.1) is 5.03 Å². The first-order chi connectivity index (χ1) is 14.0. The van der Waals surface area contributed by atoms with Crippen LogP contribution in [0.4, 0.5) is 0 Å². The second-order valence-corrected chi connectivity index (χ2v) is 8.76. The minimum atomic E-state index is -0.943. The quantitative estimate of drug-likeness (QED) is 0.691. The van der Waals surface area contributed by atoms with Crippen molar-refractivity contribution in [2.75, 3.05) is 5.75 Å². The molecular weight excluding hydrogens is 382 g/mol. The summed E-state index contributed by atoms with van der Waals surface area (Å²) in [6, 6.07) is 12.0. The molecule has 0 spiro atoms. The molecule has 1 atom stereocenters. The number of aryl methyl sites for hydroxylation is 1. The SMILES string of the molecule is CC=C(Cc1ccc(C)c2ccccc12)/C(=C1/SCC(C(=O)O)N1C=O)C1CC1. The molecule has 0 radical (unpaired) electrons. The van der Waals surface area contributed by atoms with Crippen LogP contribution >= 0.6 is 11.8 Å². The molecular formula is C24H25NO3S. The molecule has 1 N–H and O–H groups in total. The molecule has 1 aliphatic heterocycles. The lowest BCUT2D eigenvalue weighted by Gasteiger charge is -2.22. The van der Waals surface area contributed by atoms with E-state index in [0.717, 1.165) is 29.9 Å². The maximum absolute atomic E-state index is 11.8. The van der Waals surface area contributed by atoms with Crippen LogP contribution in [0.1, 0.15) is 30.9 Å². The lowest BCUT2D eigenvalue weighted by molar-refractivity contribution is -0.143. The van der Waals surface area contributed by atoms with Crippen molar-refractivity contribution < 1.29 is 14.7 Å². The standard InChI is InChI=1S/C24H25NO3S/c1-3-16(12-18-9-8-15(2)19-6-4-5-7-20(18)19)22(17-10-11-17)23-25(14-26)21(13-29-23)24(27)28/h3-9,14,17,21H,10-13H2,1-2H3,(H,27,28)/b16-3?,23-22-. The fourth-order valence-corrected chi connectivity index (χ4v) is 5.54. The lowest BCUT2D eigenvalue weighted by atomic mass is 9.91. The van der Waals surface area contributed by atoms with Gasteiger partial charge in [0.1, 0.15) is 6.04 Å². The summed E-state index contributed by atoms with van der Waals surface area (Å²) in [5.74, 6) is -0.124. The average molecular weight is 408 g/mol. The summed E-state index contributed by atoms with van der Waals surface area (Å²) >= 11 is 1.50. The lowest BCUT2D eigenvalue weighted by Crippen LogP contribution is -2.36. The molecule has 2 aliphatic rings. The number of carboxylic acids is 1. The average Bonchev–Trinajstić information content (AvgIpc) is 3.47. The Morgan fingerprint density at radius 1 is 1.21 bits per heavy atom. The zero-order valence-electron chi connectivity index (χ0n) is 16.7. The Balaban J connectivity index is 1.76. The molecule has 4 rings (SSSR count). The van der Waals surface area contributed by atoms with Gasteiger partial charge in [0.25, 0.3) is 0 Å². The number of allylic oxidation sites excluding steroid dienone is 3.